The second-order valence-corrected chi connectivity index (χ2v) is 9.46. The Morgan fingerprint density at radius 2 is 2.14 bits per heavy atom. The number of likely N-dealkylation sites (N-methyl/N-ethyl adjacent to an activating group) is 1. The second-order valence-electron chi connectivity index (χ2n) is 9.46. The van der Waals surface area contributed by atoms with Crippen LogP contribution in [0.4, 0.5) is 10.1 Å². The van der Waals surface area contributed by atoms with E-state index in [1.807, 2.05) is 18.2 Å². The number of benzene rings is 1. The zero-order chi connectivity index (χ0) is 25.3. The van der Waals surface area contributed by atoms with Crippen molar-refractivity contribution in [2.24, 2.45) is 0 Å². The minimum atomic E-state index is -1.22. The monoisotopic (exact) mass is 489 g/mol. The van der Waals surface area contributed by atoms with Crippen LogP contribution in [0, 0.1) is 17.8 Å². The molecule has 2 unspecified atom stereocenters. The van der Waals surface area contributed by atoms with Gasteiger partial charge in [-0.25, -0.2) is 9.67 Å². The number of carbonyl (C=O) groups excluding carboxylic acids is 1. The molecule has 5 rings (SSSR count). The molecule has 1 saturated carbocycles. The minimum Gasteiger partial charge on any atom is -0.378 e. The Kier molecular flexibility index (Phi) is 6.58. The van der Waals surface area contributed by atoms with Gasteiger partial charge in [-0.1, -0.05) is 24.0 Å². The molecule has 0 saturated heterocycles. The average Bonchev–Trinajstić information content (AvgIpc) is 3.28. The third-order valence-corrected chi connectivity index (χ3v) is 6.81. The van der Waals surface area contributed by atoms with Gasteiger partial charge in [0.05, 0.1) is 12.2 Å². The summed E-state index contributed by atoms with van der Waals surface area (Å²) in [4.78, 5) is 18.7. The number of hydrogen-bond donors (Lipinski definition) is 3. The van der Waals surface area contributed by atoms with Crippen molar-refractivity contribution in [2.45, 2.75) is 56.5 Å². The van der Waals surface area contributed by atoms with Gasteiger partial charge in [0.1, 0.15) is 5.60 Å². The van der Waals surface area contributed by atoms with Crippen molar-refractivity contribution in [2.75, 3.05) is 11.9 Å². The molecule has 2 aliphatic rings. The van der Waals surface area contributed by atoms with E-state index in [2.05, 4.69) is 27.2 Å². The average molecular weight is 490 g/mol. The molecule has 36 heavy (non-hydrogen) atoms. The Morgan fingerprint density at radius 1 is 1.31 bits per heavy atom. The first-order valence-electron chi connectivity index (χ1n) is 12.0. The molecule has 0 spiro atoms. The summed E-state index contributed by atoms with van der Waals surface area (Å²) < 4.78 is 14.7. The number of aliphatic hydroxyl groups excluding tert-OH is 1. The van der Waals surface area contributed by atoms with Crippen LogP contribution >= 0.6 is 0 Å². The van der Waals surface area contributed by atoms with E-state index in [0.717, 1.165) is 28.8 Å². The molecule has 1 fully saturated rings. The van der Waals surface area contributed by atoms with Gasteiger partial charge in [-0.05, 0) is 67.5 Å². The maximum atomic E-state index is 13.4. The lowest BCUT2D eigenvalue weighted by molar-refractivity contribution is -0.122. The summed E-state index contributed by atoms with van der Waals surface area (Å²) in [6, 6.07) is 9.73. The number of fused-ring (bicyclic) bond motifs is 1. The Labute approximate surface area is 208 Å². The lowest BCUT2D eigenvalue weighted by atomic mass is 9.81. The quantitative estimate of drug-likeness (QED) is 0.289. The molecule has 1 amide bonds. The van der Waals surface area contributed by atoms with Crippen molar-refractivity contribution < 1.29 is 19.4 Å². The fourth-order valence-electron chi connectivity index (χ4n) is 4.54. The van der Waals surface area contributed by atoms with Gasteiger partial charge in [-0.3, -0.25) is 10.1 Å². The first-order chi connectivity index (χ1) is 17.3. The van der Waals surface area contributed by atoms with E-state index in [9.17, 15) is 19.4 Å². The van der Waals surface area contributed by atoms with E-state index in [1.165, 1.54) is 10.7 Å². The Morgan fingerprint density at radius 3 is 2.89 bits per heavy atom. The molecule has 0 radical (unpaired) electrons. The molecular weight excluding hydrogens is 461 g/mol. The number of aryl methyl sites for hydroxylation is 1. The zero-order valence-electron chi connectivity index (χ0n) is 20.0. The number of nitrogens with zero attached hydrogens (tertiary/aromatic N) is 4. The normalized spacial score (nSPS) is 19.5. The number of aliphatic hydroxyl groups is 2. The highest BCUT2D eigenvalue weighted by molar-refractivity contribution is 5.98. The largest absolute Gasteiger partial charge is 0.378 e. The molecule has 1 aliphatic heterocycles. The Bertz CT molecular complexity index is 1340. The molecule has 2 atom stereocenters. The highest BCUT2D eigenvalue weighted by atomic mass is 19.1. The van der Waals surface area contributed by atoms with Gasteiger partial charge in [-0.15, -0.1) is 0 Å². The van der Waals surface area contributed by atoms with Gasteiger partial charge >= 0.3 is 0 Å². The van der Waals surface area contributed by atoms with Gasteiger partial charge in [0.25, 0.3) is 0 Å². The van der Waals surface area contributed by atoms with Crippen LogP contribution in [0.5, 0.6) is 0 Å². The van der Waals surface area contributed by atoms with Crippen molar-refractivity contribution in [1.82, 2.24) is 20.1 Å². The topological polar surface area (TPSA) is 104 Å². The van der Waals surface area contributed by atoms with Crippen LogP contribution in [0.1, 0.15) is 54.4 Å². The number of pyridine rings is 1. The van der Waals surface area contributed by atoms with E-state index in [1.54, 1.807) is 36.5 Å². The number of anilines is 1. The highest BCUT2D eigenvalue weighted by Gasteiger charge is 2.32. The number of hydrogen-bond acceptors (Lipinski definition) is 6. The molecule has 1 aromatic carbocycles. The fourth-order valence-corrected chi connectivity index (χ4v) is 4.54. The predicted octanol–water partition coefficient (Wildman–Crippen LogP) is 2.29. The summed E-state index contributed by atoms with van der Waals surface area (Å²) in [6.07, 6.45) is 5.89. The van der Waals surface area contributed by atoms with Crippen LogP contribution in [-0.4, -0.2) is 49.6 Å². The van der Waals surface area contributed by atoms with Crippen LogP contribution in [0.3, 0.4) is 0 Å². The lowest BCUT2D eigenvalue weighted by Crippen LogP contribution is -2.47. The lowest BCUT2D eigenvalue weighted by Gasteiger charge is -2.30. The zero-order valence-corrected chi connectivity index (χ0v) is 20.0. The van der Waals surface area contributed by atoms with Crippen molar-refractivity contribution in [3.8, 4) is 11.8 Å². The molecule has 1 aliphatic carbocycles. The summed E-state index contributed by atoms with van der Waals surface area (Å²) in [5.74, 6) is 5.29. The van der Waals surface area contributed by atoms with Gasteiger partial charge in [-0.2, -0.15) is 9.49 Å². The van der Waals surface area contributed by atoms with E-state index in [-0.39, 0.29) is 5.91 Å². The number of rotatable bonds is 5. The molecule has 2 aromatic heterocycles. The van der Waals surface area contributed by atoms with E-state index in [0.29, 0.717) is 37.8 Å². The third-order valence-electron chi connectivity index (χ3n) is 6.81. The van der Waals surface area contributed by atoms with Crippen LogP contribution < -0.4 is 10.2 Å². The number of halogens is 1. The van der Waals surface area contributed by atoms with Crippen molar-refractivity contribution in [1.29, 1.82) is 0 Å². The first kappa shape index (κ1) is 24.1. The summed E-state index contributed by atoms with van der Waals surface area (Å²) in [6.45, 7) is 0. The van der Waals surface area contributed by atoms with Crippen molar-refractivity contribution in [3.05, 3.63) is 77.1 Å². The number of nitrogens with one attached hydrogen (secondary N) is 1. The van der Waals surface area contributed by atoms with E-state index < -0.39 is 23.9 Å². The highest BCUT2D eigenvalue weighted by Crippen LogP contribution is 2.31. The molecule has 3 heterocycles. The first-order valence-corrected chi connectivity index (χ1v) is 12.0. The second kappa shape index (κ2) is 9.82. The standard InChI is InChI=1S/C27H28FN5O3/c1-32-23-15-18(10-13-27(36)11-3-12-27)6-7-20(23)8-9-22(25(32)34)31-26(35)33-17-19(16-29-33)14-21-4-2-5-24(28)30-21/h2,4-7,15-17,22,26,31,35-36H,3,8-9,11-12,14H2,1H3. The van der Waals surface area contributed by atoms with Crippen LogP contribution in [-0.2, 0) is 17.6 Å². The number of amides is 1. The van der Waals surface area contributed by atoms with E-state index >= 15 is 0 Å². The van der Waals surface area contributed by atoms with Gasteiger partial charge in [0, 0.05) is 36.6 Å². The summed E-state index contributed by atoms with van der Waals surface area (Å²) in [5.41, 5.74) is 2.96. The Balaban J connectivity index is 1.26. The molecule has 9 heteroatoms. The maximum absolute atomic E-state index is 13.4. The maximum Gasteiger partial charge on any atom is 0.244 e. The van der Waals surface area contributed by atoms with Gasteiger partial charge < -0.3 is 15.1 Å². The number of aromatic nitrogens is 3. The summed E-state index contributed by atoms with van der Waals surface area (Å²) in [5, 5.41) is 28.2. The molecular formula is C27H28FN5O3. The summed E-state index contributed by atoms with van der Waals surface area (Å²) >= 11 is 0. The number of carbonyl (C=O) groups is 1. The third kappa shape index (κ3) is 5.16. The minimum absolute atomic E-state index is 0.174. The van der Waals surface area contributed by atoms with E-state index in [4.69, 9.17) is 0 Å². The van der Waals surface area contributed by atoms with Crippen molar-refractivity contribution >= 4 is 11.6 Å². The van der Waals surface area contributed by atoms with Crippen molar-refractivity contribution in [3.63, 3.8) is 0 Å². The SMILES string of the molecule is CN1C(=O)C(NC(O)n2cc(Cc3cccc(F)n3)cn2)CCc2ccc(C#CC3(O)CCC3)cc21. The molecule has 8 nitrogen and oxygen atoms in total. The predicted molar refractivity (Wildman–Crippen MR) is 131 cm³/mol. The van der Waals surface area contributed by atoms with Crippen LogP contribution in [0.25, 0.3) is 0 Å². The molecule has 3 N–H and O–H groups in total. The summed E-state index contributed by atoms with van der Waals surface area (Å²) in [7, 11) is 1.71. The smallest absolute Gasteiger partial charge is 0.244 e. The fraction of sp³-hybridized carbons (Fsp3) is 0.370. The molecule has 0 bridgehead atoms. The molecule has 3 aromatic rings. The molecule has 186 valence electrons. The Hall–Kier alpha value is -3.58. The van der Waals surface area contributed by atoms with Gasteiger partial charge in [0.15, 0.2) is 0 Å². The van der Waals surface area contributed by atoms with Crippen LogP contribution in [0.15, 0.2) is 48.8 Å². The van der Waals surface area contributed by atoms with Gasteiger partial charge in [0.2, 0.25) is 18.2 Å². The van der Waals surface area contributed by atoms with Crippen LogP contribution in [0.2, 0.25) is 0 Å².